The van der Waals surface area contributed by atoms with Crippen LogP contribution < -0.4 is 10.2 Å². The van der Waals surface area contributed by atoms with Crippen molar-refractivity contribution in [3.05, 3.63) is 72.7 Å². The fourth-order valence-corrected chi connectivity index (χ4v) is 4.61. The summed E-state index contributed by atoms with van der Waals surface area (Å²) in [7, 11) is 1.18. The number of benzene rings is 2. The van der Waals surface area contributed by atoms with Crippen LogP contribution in [0.1, 0.15) is 35.8 Å². The van der Waals surface area contributed by atoms with Crippen molar-refractivity contribution >= 4 is 40.8 Å². The van der Waals surface area contributed by atoms with E-state index in [0.717, 1.165) is 18.9 Å². The summed E-state index contributed by atoms with van der Waals surface area (Å²) in [5.74, 6) is -0.811. The molecule has 4 rings (SSSR count). The highest BCUT2D eigenvalue weighted by molar-refractivity contribution is 6.42. The number of halogens is 4. The van der Waals surface area contributed by atoms with Crippen molar-refractivity contribution < 1.29 is 18.7 Å². The summed E-state index contributed by atoms with van der Waals surface area (Å²) in [4.78, 5) is 26.7. The maximum absolute atomic E-state index is 15.2. The number of aromatic nitrogens is 1. The molecule has 3 aromatic rings. The predicted octanol–water partition coefficient (Wildman–Crippen LogP) is 7.19. The summed E-state index contributed by atoms with van der Waals surface area (Å²) in [5.41, 5.74) is 0.387. The van der Waals surface area contributed by atoms with E-state index in [4.69, 9.17) is 44.3 Å². The fourth-order valence-electron chi connectivity index (χ4n) is 4.11. The second-order valence-corrected chi connectivity index (χ2v) is 9.62. The van der Waals surface area contributed by atoms with Crippen molar-refractivity contribution in [2.24, 2.45) is 5.92 Å². The Balaban J connectivity index is 2.01. The van der Waals surface area contributed by atoms with Crippen molar-refractivity contribution in [2.75, 3.05) is 13.7 Å². The summed E-state index contributed by atoms with van der Waals surface area (Å²) < 4.78 is 27.7. The number of ether oxygens (including phenoxy) is 2. The van der Waals surface area contributed by atoms with Gasteiger partial charge in [0.25, 0.3) is 0 Å². The first-order valence-corrected chi connectivity index (χ1v) is 12.2. The second-order valence-electron chi connectivity index (χ2n) is 8.39. The quantitative estimate of drug-likeness (QED) is 0.299. The van der Waals surface area contributed by atoms with Crippen LogP contribution in [0.3, 0.4) is 0 Å². The van der Waals surface area contributed by atoms with Crippen molar-refractivity contribution in [1.82, 2.24) is 4.57 Å². The minimum absolute atomic E-state index is 0.00395. The number of esters is 1. The summed E-state index contributed by atoms with van der Waals surface area (Å²) >= 11 is 18.5. The van der Waals surface area contributed by atoms with Gasteiger partial charge >= 0.3 is 5.97 Å². The van der Waals surface area contributed by atoms with Gasteiger partial charge in [-0.05, 0) is 56.9 Å². The highest BCUT2D eigenvalue weighted by Gasteiger charge is 2.29. The van der Waals surface area contributed by atoms with Gasteiger partial charge in [0.1, 0.15) is 17.1 Å². The molecule has 184 valence electrons. The molecular formula is C26H23Cl3FNO4. The number of pyridine rings is 1. The van der Waals surface area contributed by atoms with Gasteiger partial charge in [0, 0.05) is 23.4 Å². The number of carbonyl (C=O) groups is 1. The lowest BCUT2D eigenvalue weighted by atomic mass is 9.95. The van der Waals surface area contributed by atoms with Crippen LogP contribution in [0.5, 0.6) is 5.75 Å². The number of nitrogens with zero attached hydrogens (tertiary/aromatic N) is 1. The van der Waals surface area contributed by atoms with Crippen molar-refractivity contribution in [2.45, 2.75) is 33.2 Å². The predicted molar refractivity (Wildman–Crippen MR) is 137 cm³/mol. The Hall–Kier alpha value is -2.54. The lowest BCUT2D eigenvalue weighted by Crippen LogP contribution is -2.26. The maximum atomic E-state index is 15.2. The Bertz CT molecular complexity index is 1380. The average Bonchev–Trinajstić information content (AvgIpc) is 3.65. The van der Waals surface area contributed by atoms with E-state index in [9.17, 15) is 9.59 Å². The van der Waals surface area contributed by atoms with Gasteiger partial charge in [-0.25, -0.2) is 9.18 Å². The van der Waals surface area contributed by atoms with Crippen LogP contribution in [0.4, 0.5) is 4.39 Å². The molecule has 0 N–H and O–H groups in total. The standard InChI is InChI=1S/C26H23Cl3FNO4/c1-4-31-13(2)22(16-10-21(19(29)11-20(16)30)35-12-14-5-6-14)25(32)23(26(33)34-3)24(31)15-7-8-17(27)18(28)9-15/h7-11,14H,4-6,12H2,1-3H3. The second kappa shape index (κ2) is 10.2. The molecule has 1 heterocycles. The molecule has 0 spiro atoms. The first-order valence-electron chi connectivity index (χ1n) is 11.1. The van der Waals surface area contributed by atoms with Gasteiger partial charge in [-0.1, -0.05) is 40.9 Å². The van der Waals surface area contributed by atoms with Gasteiger partial charge in [-0.2, -0.15) is 0 Å². The average molecular weight is 539 g/mol. The molecule has 1 fully saturated rings. The first-order chi connectivity index (χ1) is 16.7. The normalized spacial score (nSPS) is 13.1. The zero-order chi connectivity index (χ0) is 25.4. The van der Waals surface area contributed by atoms with E-state index in [1.807, 2.05) is 6.92 Å². The lowest BCUT2D eigenvalue weighted by molar-refractivity contribution is 0.0599. The SMILES string of the molecule is CCn1c(C)c(-c2cc(OCC3CC3)c(Cl)cc2F)c(=O)c(C(=O)OC)c1-c1ccc(Cl)c(Cl)c1. The van der Waals surface area contributed by atoms with Crippen LogP contribution in [0.25, 0.3) is 22.4 Å². The Kier molecular flexibility index (Phi) is 7.46. The van der Waals surface area contributed by atoms with Crippen molar-refractivity contribution in [3.8, 4) is 28.1 Å². The summed E-state index contributed by atoms with van der Waals surface area (Å²) in [6, 6.07) is 7.36. The van der Waals surface area contributed by atoms with Crippen LogP contribution in [0.15, 0.2) is 35.1 Å². The molecule has 0 aliphatic heterocycles. The number of rotatable bonds is 7. The highest BCUT2D eigenvalue weighted by Crippen LogP contribution is 2.38. The molecule has 2 aromatic carbocycles. The van der Waals surface area contributed by atoms with Crippen LogP contribution in [0.2, 0.25) is 15.1 Å². The van der Waals surface area contributed by atoms with E-state index in [0.29, 0.717) is 41.0 Å². The molecule has 0 saturated heterocycles. The van der Waals surface area contributed by atoms with Gasteiger partial charge in [-0.3, -0.25) is 4.79 Å². The number of carbonyl (C=O) groups excluding carboxylic acids is 1. The molecular weight excluding hydrogens is 516 g/mol. The smallest absolute Gasteiger partial charge is 0.344 e. The molecule has 0 bridgehead atoms. The Morgan fingerprint density at radius 3 is 2.43 bits per heavy atom. The highest BCUT2D eigenvalue weighted by atomic mass is 35.5. The van der Waals surface area contributed by atoms with Gasteiger partial charge in [0.2, 0.25) is 5.43 Å². The van der Waals surface area contributed by atoms with E-state index < -0.39 is 17.2 Å². The topological polar surface area (TPSA) is 57.5 Å². The van der Waals surface area contributed by atoms with E-state index >= 15 is 4.39 Å². The number of methoxy groups -OCH3 is 1. The van der Waals surface area contributed by atoms with Gasteiger partial charge in [-0.15, -0.1) is 0 Å². The molecule has 35 heavy (non-hydrogen) atoms. The van der Waals surface area contributed by atoms with E-state index in [1.54, 1.807) is 29.7 Å². The lowest BCUT2D eigenvalue weighted by Gasteiger charge is -2.22. The molecule has 5 nitrogen and oxygen atoms in total. The fraction of sp³-hybridized carbons (Fsp3) is 0.308. The molecule has 1 aliphatic rings. The summed E-state index contributed by atoms with van der Waals surface area (Å²) in [6.07, 6.45) is 2.15. The van der Waals surface area contributed by atoms with Crippen LogP contribution >= 0.6 is 34.8 Å². The molecule has 1 saturated carbocycles. The van der Waals surface area contributed by atoms with E-state index in [-0.39, 0.29) is 32.5 Å². The minimum Gasteiger partial charge on any atom is -0.492 e. The van der Waals surface area contributed by atoms with Crippen molar-refractivity contribution in [1.29, 1.82) is 0 Å². The minimum atomic E-state index is -0.848. The molecule has 0 atom stereocenters. The summed E-state index contributed by atoms with van der Waals surface area (Å²) in [5, 5.41) is 0.703. The van der Waals surface area contributed by atoms with Gasteiger partial charge in [0.05, 0.1) is 40.0 Å². The third kappa shape index (κ3) is 4.92. The van der Waals surface area contributed by atoms with E-state index in [2.05, 4.69) is 0 Å². The van der Waals surface area contributed by atoms with Crippen LogP contribution in [-0.2, 0) is 11.3 Å². The molecule has 1 aliphatic carbocycles. The van der Waals surface area contributed by atoms with E-state index in [1.165, 1.54) is 13.2 Å². The Morgan fingerprint density at radius 1 is 1.11 bits per heavy atom. The molecule has 9 heteroatoms. The monoisotopic (exact) mass is 537 g/mol. The molecule has 1 aromatic heterocycles. The molecule has 0 amide bonds. The van der Waals surface area contributed by atoms with Crippen LogP contribution in [0, 0.1) is 18.7 Å². The Morgan fingerprint density at radius 2 is 1.83 bits per heavy atom. The van der Waals surface area contributed by atoms with Crippen LogP contribution in [-0.4, -0.2) is 24.3 Å². The van der Waals surface area contributed by atoms with Crippen molar-refractivity contribution in [3.63, 3.8) is 0 Å². The zero-order valence-electron chi connectivity index (χ0n) is 19.4. The largest absolute Gasteiger partial charge is 0.492 e. The Labute approximate surface area is 217 Å². The maximum Gasteiger partial charge on any atom is 0.344 e. The summed E-state index contributed by atoms with van der Waals surface area (Å²) in [6.45, 7) is 4.39. The number of hydrogen-bond acceptors (Lipinski definition) is 4. The number of hydrogen-bond donors (Lipinski definition) is 0. The third-order valence-corrected chi connectivity index (χ3v) is 7.12. The first kappa shape index (κ1) is 25.5. The molecule has 0 radical (unpaired) electrons. The zero-order valence-corrected chi connectivity index (χ0v) is 21.7. The third-order valence-electron chi connectivity index (χ3n) is 6.09. The van der Waals surface area contributed by atoms with Gasteiger partial charge in [0.15, 0.2) is 0 Å². The molecule has 0 unspecified atom stereocenters. The van der Waals surface area contributed by atoms with Gasteiger partial charge < -0.3 is 14.0 Å².